The van der Waals surface area contributed by atoms with Gasteiger partial charge in [-0.3, -0.25) is 18.8 Å². The Labute approximate surface area is 201 Å². The number of anilines is 5. The zero-order chi connectivity index (χ0) is 23.3. The van der Waals surface area contributed by atoms with Crippen molar-refractivity contribution in [3.8, 4) is 0 Å². The molecule has 1 atom stereocenters. The number of rotatable bonds is 3. The predicted octanol–water partition coefficient (Wildman–Crippen LogP) is 3.64. The van der Waals surface area contributed by atoms with Crippen LogP contribution in [-0.4, -0.2) is 46.0 Å². The second-order valence-corrected chi connectivity index (χ2v) is 9.95. The minimum absolute atomic E-state index is 0.0385. The van der Waals surface area contributed by atoms with Crippen molar-refractivity contribution in [2.45, 2.75) is 11.4 Å². The van der Waals surface area contributed by atoms with Gasteiger partial charge in [0.25, 0.3) is 0 Å². The average molecular weight is 527 g/mol. The first-order valence-corrected chi connectivity index (χ1v) is 12.2. The summed E-state index contributed by atoms with van der Waals surface area (Å²) in [4.78, 5) is 39.2. The summed E-state index contributed by atoms with van der Waals surface area (Å²) >= 11 is 3.51. The number of hydrogen-bond donors (Lipinski definition) is 1. The highest BCUT2D eigenvalue weighted by atomic mass is 79.9. The van der Waals surface area contributed by atoms with Gasteiger partial charge in [0.1, 0.15) is 11.6 Å². The fourth-order valence-electron chi connectivity index (χ4n) is 3.83. The summed E-state index contributed by atoms with van der Waals surface area (Å²) in [6, 6.07) is 12.6. The van der Waals surface area contributed by atoms with E-state index in [9.17, 15) is 13.8 Å². The first-order valence-electron chi connectivity index (χ1n) is 10.0. The first kappa shape index (κ1) is 21.5. The molecule has 1 unspecified atom stereocenters. The number of para-hydroxylation sites is 1. The Kier molecular flexibility index (Phi) is 5.37. The smallest absolute Gasteiger partial charge is 0.324 e. The number of hydrogen-bond acceptors (Lipinski definition) is 6. The van der Waals surface area contributed by atoms with Crippen LogP contribution in [0.4, 0.5) is 33.6 Å². The SMILES string of the molecule is CN1C(=O)CS(=O)c2cc(Nc3ncc4c(n3)N(C)C(=O)N(c3ccccc3Br)C4)ccc21. The summed E-state index contributed by atoms with van der Waals surface area (Å²) in [7, 11) is 1.94. The molecule has 5 rings (SSSR count). The number of nitrogens with one attached hydrogen (secondary N) is 1. The minimum Gasteiger partial charge on any atom is -0.324 e. The molecule has 3 amide bonds. The van der Waals surface area contributed by atoms with Crippen molar-refractivity contribution in [1.29, 1.82) is 0 Å². The second-order valence-electron chi connectivity index (χ2n) is 7.67. The van der Waals surface area contributed by atoms with E-state index in [0.717, 1.165) is 15.7 Å². The number of fused-ring (bicyclic) bond motifs is 2. The van der Waals surface area contributed by atoms with Gasteiger partial charge in [-0.1, -0.05) is 12.1 Å². The number of carbonyl (C=O) groups is 2. The van der Waals surface area contributed by atoms with E-state index < -0.39 is 10.8 Å². The maximum absolute atomic E-state index is 13.0. The maximum Gasteiger partial charge on any atom is 0.330 e. The molecular weight excluding hydrogens is 508 g/mol. The third-order valence-electron chi connectivity index (χ3n) is 5.60. The second kappa shape index (κ2) is 8.23. The van der Waals surface area contributed by atoms with E-state index in [2.05, 4.69) is 31.2 Å². The fraction of sp³-hybridized carbons (Fsp3) is 0.182. The molecule has 0 aliphatic carbocycles. The minimum atomic E-state index is -1.41. The monoisotopic (exact) mass is 526 g/mol. The van der Waals surface area contributed by atoms with E-state index in [0.29, 0.717) is 34.6 Å². The van der Waals surface area contributed by atoms with Crippen LogP contribution < -0.4 is 20.0 Å². The molecule has 33 heavy (non-hydrogen) atoms. The molecule has 0 bridgehead atoms. The van der Waals surface area contributed by atoms with Crippen molar-refractivity contribution in [3.05, 3.63) is 58.7 Å². The lowest BCUT2D eigenvalue weighted by molar-refractivity contribution is -0.116. The molecule has 3 heterocycles. The van der Waals surface area contributed by atoms with Crippen molar-refractivity contribution in [2.75, 3.05) is 39.9 Å². The van der Waals surface area contributed by atoms with Gasteiger partial charge in [0.05, 0.1) is 33.6 Å². The van der Waals surface area contributed by atoms with Crippen LogP contribution in [0.5, 0.6) is 0 Å². The Balaban J connectivity index is 1.43. The molecule has 2 aromatic carbocycles. The summed E-state index contributed by atoms with van der Waals surface area (Å²) in [5.74, 6) is 0.619. The Morgan fingerprint density at radius 2 is 1.85 bits per heavy atom. The van der Waals surface area contributed by atoms with Gasteiger partial charge in [-0.15, -0.1) is 0 Å². The van der Waals surface area contributed by atoms with E-state index >= 15 is 0 Å². The number of nitrogens with zero attached hydrogens (tertiary/aromatic N) is 5. The highest BCUT2D eigenvalue weighted by molar-refractivity contribution is 9.10. The number of benzene rings is 2. The molecule has 0 fully saturated rings. The van der Waals surface area contributed by atoms with Gasteiger partial charge in [-0.05, 0) is 46.3 Å². The molecule has 9 nitrogen and oxygen atoms in total. The van der Waals surface area contributed by atoms with E-state index in [1.54, 1.807) is 43.4 Å². The summed E-state index contributed by atoms with van der Waals surface area (Å²) in [6.07, 6.45) is 1.69. The lowest BCUT2D eigenvalue weighted by Gasteiger charge is -2.34. The number of urea groups is 1. The quantitative estimate of drug-likeness (QED) is 0.559. The molecule has 0 radical (unpaired) electrons. The van der Waals surface area contributed by atoms with Crippen LogP contribution in [0.1, 0.15) is 5.56 Å². The van der Waals surface area contributed by atoms with E-state index in [1.165, 1.54) is 9.80 Å². The highest BCUT2D eigenvalue weighted by Crippen LogP contribution is 2.35. The van der Waals surface area contributed by atoms with Crippen LogP contribution in [0, 0.1) is 0 Å². The van der Waals surface area contributed by atoms with Crippen LogP contribution in [0.15, 0.2) is 58.0 Å². The molecule has 0 saturated heterocycles. The normalized spacial score (nSPS) is 17.7. The van der Waals surface area contributed by atoms with Gasteiger partial charge in [-0.2, -0.15) is 4.98 Å². The molecule has 0 spiro atoms. The molecule has 168 valence electrons. The number of amides is 3. The lowest BCUT2D eigenvalue weighted by atomic mass is 10.2. The van der Waals surface area contributed by atoms with E-state index in [1.807, 2.05) is 24.3 Å². The third-order valence-corrected chi connectivity index (χ3v) is 7.60. The van der Waals surface area contributed by atoms with Gasteiger partial charge in [-0.25, -0.2) is 9.78 Å². The lowest BCUT2D eigenvalue weighted by Crippen LogP contribution is -2.46. The van der Waals surface area contributed by atoms with Crippen LogP contribution in [0.3, 0.4) is 0 Å². The van der Waals surface area contributed by atoms with Crippen molar-refractivity contribution >= 4 is 67.5 Å². The Bertz CT molecular complexity index is 1330. The standard InChI is InChI=1S/C22H19BrN6O3S/c1-27-17-8-7-14(9-18(17)33(32)12-19(27)30)25-21-24-10-13-11-29(16-6-4-3-5-15(16)23)22(31)28(2)20(13)26-21/h3-10H,11-12H2,1-2H3,(H,24,25,26). The molecule has 1 aromatic heterocycles. The zero-order valence-electron chi connectivity index (χ0n) is 17.8. The van der Waals surface area contributed by atoms with Crippen LogP contribution >= 0.6 is 15.9 Å². The van der Waals surface area contributed by atoms with Gasteiger partial charge in [0.2, 0.25) is 11.9 Å². The highest BCUT2D eigenvalue weighted by Gasteiger charge is 2.32. The van der Waals surface area contributed by atoms with E-state index in [-0.39, 0.29) is 17.7 Å². The van der Waals surface area contributed by atoms with Crippen molar-refractivity contribution in [3.63, 3.8) is 0 Å². The number of carbonyl (C=O) groups excluding carboxylic acids is 2. The molecule has 11 heteroatoms. The first-order chi connectivity index (χ1) is 15.8. The van der Waals surface area contributed by atoms with Gasteiger partial charge < -0.3 is 10.2 Å². The van der Waals surface area contributed by atoms with Crippen LogP contribution in [0.2, 0.25) is 0 Å². The maximum atomic E-state index is 13.0. The van der Waals surface area contributed by atoms with Crippen molar-refractivity contribution in [1.82, 2.24) is 9.97 Å². The van der Waals surface area contributed by atoms with Crippen molar-refractivity contribution in [2.24, 2.45) is 0 Å². The molecule has 0 saturated carbocycles. The topological polar surface area (TPSA) is 98.7 Å². The van der Waals surface area contributed by atoms with Gasteiger partial charge in [0, 0.05) is 36.0 Å². The number of aromatic nitrogens is 2. The third kappa shape index (κ3) is 3.76. The van der Waals surface area contributed by atoms with Crippen molar-refractivity contribution < 1.29 is 13.8 Å². The summed E-state index contributed by atoms with van der Waals surface area (Å²) in [6.45, 7) is 0.347. The largest absolute Gasteiger partial charge is 0.330 e. The zero-order valence-corrected chi connectivity index (χ0v) is 20.2. The number of halogens is 1. The van der Waals surface area contributed by atoms with Crippen LogP contribution in [-0.2, 0) is 22.1 Å². The Morgan fingerprint density at radius 1 is 1.06 bits per heavy atom. The summed E-state index contributed by atoms with van der Waals surface area (Å²) in [5, 5.41) is 3.12. The molecule has 3 aromatic rings. The molecule has 2 aliphatic heterocycles. The Morgan fingerprint density at radius 3 is 2.64 bits per heavy atom. The summed E-state index contributed by atoms with van der Waals surface area (Å²) < 4.78 is 13.3. The van der Waals surface area contributed by atoms with Gasteiger partial charge >= 0.3 is 6.03 Å². The molecule has 1 N–H and O–H groups in total. The molecule has 2 aliphatic rings. The fourth-order valence-corrected chi connectivity index (χ4v) is 5.60. The van der Waals surface area contributed by atoms with Gasteiger partial charge in [0.15, 0.2) is 0 Å². The average Bonchev–Trinajstić information content (AvgIpc) is 2.81. The molecular formula is C22H19BrN6O3S. The van der Waals surface area contributed by atoms with Crippen LogP contribution in [0.25, 0.3) is 0 Å². The summed E-state index contributed by atoms with van der Waals surface area (Å²) in [5.41, 5.74) is 2.85. The predicted molar refractivity (Wildman–Crippen MR) is 131 cm³/mol. The van der Waals surface area contributed by atoms with E-state index in [4.69, 9.17) is 0 Å². The Hall–Kier alpha value is -3.31.